The van der Waals surface area contributed by atoms with Gasteiger partial charge >= 0.3 is 0 Å². The molecule has 2 aliphatic rings. The molecule has 19 heteroatoms. The smallest absolute Gasteiger partial charge is 0.255 e. The van der Waals surface area contributed by atoms with E-state index in [1.54, 1.807) is 24.3 Å². The molecule has 0 radical (unpaired) electrons. The topological polar surface area (TPSA) is 201 Å². The van der Waals surface area contributed by atoms with E-state index in [0.29, 0.717) is 65.2 Å². The van der Waals surface area contributed by atoms with Crippen molar-refractivity contribution in [2.75, 3.05) is 37.4 Å². The summed E-state index contributed by atoms with van der Waals surface area (Å²) in [6, 6.07) is 16.2. The van der Waals surface area contributed by atoms with Crippen LogP contribution in [0.2, 0.25) is 0 Å². The third-order valence-corrected chi connectivity index (χ3v) is 9.62. The van der Waals surface area contributed by atoms with Crippen molar-refractivity contribution in [3.63, 3.8) is 0 Å². The zero-order valence-electron chi connectivity index (χ0n) is 33.7. The van der Waals surface area contributed by atoms with E-state index in [4.69, 9.17) is 4.74 Å². The predicted octanol–water partition coefficient (Wildman–Crippen LogP) is 6.33. The average Bonchev–Trinajstić information content (AvgIpc) is 3.85. The van der Waals surface area contributed by atoms with Crippen molar-refractivity contribution in [1.82, 2.24) is 41.2 Å². The van der Waals surface area contributed by atoms with Gasteiger partial charge in [0.25, 0.3) is 23.6 Å². The Kier molecular flexibility index (Phi) is 13.2. The average molecular weight is 863 g/mol. The predicted molar refractivity (Wildman–Crippen MR) is 223 cm³/mol. The van der Waals surface area contributed by atoms with E-state index in [1.807, 2.05) is 6.92 Å². The highest BCUT2D eigenvalue weighted by Crippen LogP contribution is 2.34. The molecule has 2 aliphatic heterocycles. The van der Waals surface area contributed by atoms with Gasteiger partial charge in [0, 0.05) is 32.6 Å². The van der Waals surface area contributed by atoms with E-state index < -0.39 is 23.3 Å². The van der Waals surface area contributed by atoms with Crippen molar-refractivity contribution in [3.8, 4) is 22.5 Å². The Morgan fingerprint density at radius 3 is 1.44 bits per heavy atom. The number of benzene rings is 2. The fourth-order valence-electron chi connectivity index (χ4n) is 6.59. The molecule has 6 heterocycles. The van der Waals surface area contributed by atoms with Crippen molar-refractivity contribution >= 4 is 46.6 Å². The zero-order valence-corrected chi connectivity index (χ0v) is 33.7. The van der Waals surface area contributed by atoms with Gasteiger partial charge < -0.3 is 36.6 Å². The highest BCUT2D eigenvalue weighted by atomic mass is 19.1. The summed E-state index contributed by atoms with van der Waals surface area (Å²) in [6.45, 7) is 3.56. The van der Waals surface area contributed by atoms with Gasteiger partial charge in [-0.05, 0) is 67.1 Å². The minimum atomic E-state index is -0.761. The molecule has 0 unspecified atom stereocenters. The van der Waals surface area contributed by atoms with Crippen LogP contribution < -0.4 is 31.9 Å². The Bertz CT molecular complexity index is 2680. The molecule has 15 nitrogen and oxygen atoms in total. The minimum Gasteiger partial charge on any atom is -0.383 e. The van der Waals surface area contributed by atoms with Crippen LogP contribution >= 0.6 is 0 Å². The molecule has 0 saturated carbocycles. The maximum Gasteiger partial charge on any atom is 0.255 e. The number of carbonyl (C=O) groups excluding carboxylic acids is 4. The third kappa shape index (κ3) is 9.73. The molecule has 4 amide bonds. The molecule has 2 aromatic carbocycles. The molecule has 0 spiro atoms. The summed E-state index contributed by atoms with van der Waals surface area (Å²) in [4.78, 5) is 65.7. The van der Waals surface area contributed by atoms with Gasteiger partial charge in [-0.1, -0.05) is 19.1 Å². The summed E-state index contributed by atoms with van der Waals surface area (Å²) < 4.78 is 62.1. The van der Waals surface area contributed by atoms with Crippen molar-refractivity contribution in [3.05, 3.63) is 142 Å². The lowest BCUT2D eigenvalue weighted by atomic mass is 10.1. The molecule has 0 saturated heterocycles. The first-order chi connectivity index (χ1) is 30.4. The lowest BCUT2D eigenvalue weighted by Gasteiger charge is -2.13. The first kappa shape index (κ1) is 43.3. The summed E-state index contributed by atoms with van der Waals surface area (Å²) in [5, 5.41) is 16.8. The summed E-state index contributed by atoms with van der Waals surface area (Å²) in [5.74, 6) is -3.57. The fraction of sp³-hybridized carbons (Fsp3) is 0.182. The van der Waals surface area contributed by atoms with E-state index in [1.165, 1.54) is 43.8 Å². The van der Waals surface area contributed by atoms with Crippen LogP contribution in [0.3, 0.4) is 0 Å². The number of nitrogens with one attached hydrogen (secondary N) is 6. The summed E-state index contributed by atoms with van der Waals surface area (Å²) in [6.07, 6.45) is 3.61. The van der Waals surface area contributed by atoms with Gasteiger partial charge in [-0.25, -0.2) is 37.5 Å². The summed E-state index contributed by atoms with van der Waals surface area (Å²) in [5.41, 5.74) is 2.20. The van der Waals surface area contributed by atoms with Gasteiger partial charge in [0.05, 0.1) is 87.2 Å². The van der Waals surface area contributed by atoms with Gasteiger partial charge in [-0.2, -0.15) is 0 Å². The van der Waals surface area contributed by atoms with Gasteiger partial charge in [0.2, 0.25) is 0 Å². The second-order valence-electron chi connectivity index (χ2n) is 13.9. The van der Waals surface area contributed by atoms with E-state index >= 15 is 0 Å². The number of halogens is 4. The Morgan fingerprint density at radius 1 is 0.635 bits per heavy atom. The first-order valence-corrected chi connectivity index (χ1v) is 19.5. The molecule has 0 aliphatic carbocycles. The van der Waals surface area contributed by atoms with Gasteiger partial charge in [-0.3, -0.25) is 19.2 Å². The van der Waals surface area contributed by atoms with E-state index in [-0.39, 0.29) is 70.4 Å². The number of hydrogen-bond donors (Lipinski definition) is 6. The number of amides is 4. The van der Waals surface area contributed by atoms with Crippen LogP contribution in [0.25, 0.3) is 22.5 Å². The molecule has 0 fully saturated rings. The highest BCUT2D eigenvalue weighted by molar-refractivity contribution is 6.05. The summed E-state index contributed by atoms with van der Waals surface area (Å²) >= 11 is 0. The van der Waals surface area contributed by atoms with Crippen molar-refractivity contribution in [1.29, 1.82) is 0 Å². The number of pyridine rings is 4. The Morgan fingerprint density at radius 2 is 1.06 bits per heavy atom. The highest BCUT2D eigenvalue weighted by Gasteiger charge is 2.29. The number of rotatable bonds is 13. The Balaban J connectivity index is 0.000000189. The van der Waals surface area contributed by atoms with Crippen LogP contribution in [0.4, 0.5) is 40.6 Å². The van der Waals surface area contributed by atoms with Gasteiger partial charge in [0.15, 0.2) is 0 Å². The van der Waals surface area contributed by atoms with Crippen LogP contribution in [0.15, 0.2) is 85.2 Å². The molecule has 8 rings (SSSR count). The van der Waals surface area contributed by atoms with Crippen LogP contribution in [0.1, 0.15) is 66.2 Å². The molecule has 0 bridgehead atoms. The number of ether oxygens (including phenoxy) is 1. The number of fused-ring (bicyclic) bond motifs is 2. The normalized spacial score (nSPS) is 12.3. The maximum absolute atomic E-state index is 14.3. The van der Waals surface area contributed by atoms with E-state index in [0.717, 1.165) is 30.7 Å². The monoisotopic (exact) mass is 862 g/mol. The second-order valence-corrected chi connectivity index (χ2v) is 13.9. The number of aromatic nitrogens is 4. The second kappa shape index (κ2) is 19.3. The van der Waals surface area contributed by atoms with Crippen LogP contribution in [0.5, 0.6) is 0 Å². The van der Waals surface area contributed by atoms with Crippen molar-refractivity contribution < 1.29 is 41.5 Å². The number of anilines is 4. The number of nitrogens with zero attached hydrogens (tertiary/aromatic N) is 4. The van der Waals surface area contributed by atoms with E-state index in [9.17, 15) is 36.7 Å². The Hall–Kier alpha value is -7.80. The molecule has 0 atom stereocenters. The molecule has 4 aromatic heterocycles. The van der Waals surface area contributed by atoms with Crippen molar-refractivity contribution in [2.45, 2.75) is 26.4 Å². The number of methoxy groups -OCH3 is 1. The number of hydrogen-bond acceptors (Lipinski definition) is 11. The molecule has 63 heavy (non-hydrogen) atoms. The standard InChI is InChI=1S/C22H19F2N5O3.C22H19F2N5O2/c1-32-8-7-25-21(30)12-5-6-18(26-10-12)29-16-9-15(19-13(23)3-2-4-14(19)24)28-17-11-27-22(31)20(16)17;1-2-8-25-21(30)12-6-7-18(26-10-12)29-16-9-15(19-13(23)4-3-5-14(19)24)28-17-11-27-22(31)20(16)17/h2-6,9-10H,7-8,11H2,1H3,(H,25,30)(H,27,31)(H,26,28,29);3-7,9-10H,2,8,11H2,1H3,(H,25,30)(H,27,31)(H,26,28,29). The molecular formula is C44H38F4N10O5. The number of carbonyl (C=O) groups is 4. The molecule has 6 N–H and O–H groups in total. The molecular weight excluding hydrogens is 825 g/mol. The lowest BCUT2D eigenvalue weighted by molar-refractivity contribution is 0.0932. The molecule has 6 aromatic rings. The zero-order chi connectivity index (χ0) is 44.6. The van der Waals surface area contributed by atoms with Crippen LogP contribution in [-0.2, 0) is 17.8 Å². The lowest BCUT2D eigenvalue weighted by Crippen LogP contribution is -2.27. The van der Waals surface area contributed by atoms with Crippen LogP contribution in [0, 0.1) is 23.3 Å². The fourth-order valence-corrected chi connectivity index (χ4v) is 6.59. The quantitative estimate of drug-likeness (QED) is 0.0560. The van der Waals surface area contributed by atoms with Gasteiger partial charge in [0.1, 0.15) is 34.9 Å². The Labute approximate surface area is 357 Å². The SMILES string of the molecule is CCCNC(=O)c1ccc(Nc2cc(-c3c(F)cccc3F)nc3c2C(=O)NC3)nc1.COCCNC(=O)c1ccc(Nc2cc(-c3c(F)cccc3F)nc3c2C(=O)NC3)nc1. The first-order valence-electron chi connectivity index (χ1n) is 19.5. The van der Waals surface area contributed by atoms with E-state index in [2.05, 4.69) is 51.8 Å². The van der Waals surface area contributed by atoms with Gasteiger partial charge in [-0.15, -0.1) is 0 Å². The van der Waals surface area contributed by atoms with Crippen LogP contribution in [-0.4, -0.2) is 70.4 Å². The maximum atomic E-state index is 14.3. The van der Waals surface area contributed by atoms with Crippen molar-refractivity contribution in [2.24, 2.45) is 0 Å². The largest absolute Gasteiger partial charge is 0.383 e. The third-order valence-electron chi connectivity index (χ3n) is 9.62. The molecule has 322 valence electrons. The summed E-state index contributed by atoms with van der Waals surface area (Å²) in [7, 11) is 1.54. The minimum absolute atomic E-state index is 0.0486.